The lowest BCUT2D eigenvalue weighted by atomic mass is 10.2. The summed E-state index contributed by atoms with van der Waals surface area (Å²) in [5.41, 5.74) is 3.76. The van der Waals surface area contributed by atoms with Gasteiger partial charge >= 0.3 is 0 Å². The molecule has 0 radical (unpaired) electrons. The van der Waals surface area contributed by atoms with Gasteiger partial charge < -0.3 is 4.90 Å². The van der Waals surface area contributed by atoms with Crippen LogP contribution >= 0.6 is 23.1 Å². The summed E-state index contributed by atoms with van der Waals surface area (Å²) in [4.78, 5) is 26.6. The van der Waals surface area contributed by atoms with Crippen LogP contribution in [0.4, 0.5) is 5.69 Å². The Morgan fingerprint density at radius 1 is 1.23 bits per heavy atom. The summed E-state index contributed by atoms with van der Waals surface area (Å²) in [5.74, 6) is 1.37. The SMILES string of the molecule is Cc1nc(SCC(=O)N2CCc3ccccc32)c2c3c(sc2n1)CCC3. The first-order valence-electron chi connectivity index (χ1n) is 9.00. The maximum atomic E-state index is 12.8. The number of hydrogen-bond donors (Lipinski definition) is 0. The van der Waals surface area contributed by atoms with E-state index in [1.165, 1.54) is 27.8 Å². The number of carbonyl (C=O) groups excluding carboxylic acids is 1. The van der Waals surface area contributed by atoms with Gasteiger partial charge in [-0.15, -0.1) is 11.3 Å². The van der Waals surface area contributed by atoms with Crippen LogP contribution in [-0.2, 0) is 24.1 Å². The van der Waals surface area contributed by atoms with Crippen molar-refractivity contribution in [2.24, 2.45) is 0 Å². The van der Waals surface area contributed by atoms with Gasteiger partial charge in [-0.05, 0) is 49.8 Å². The number of aryl methyl sites for hydroxylation is 3. The Bertz CT molecular complexity index is 1030. The van der Waals surface area contributed by atoms with E-state index in [2.05, 4.69) is 16.0 Å². The first-order chi connectivity index (χ1) is 12.7. The molecular formula is C20H19N3OS2. The molecule has 3 aromatic rings. The summed E-state index contributed by atoms with van der Waals surface area (Å²) in [6.07, 6.45) is 4.44. The van der Waals surface area contributed by atoms with Crippen LogP contribution in [-0.4, -0.2) is 28.2 Å². The summed E-state index contributed by atoms with van der Waals surface area (Å²) in [6, 6.07) is 8.20. The van der Waals surface area contributed by atoms with Crippen molar-refractivity contribution < 1.29 is 4.79 Å². The third-order valence-corrected chi connectivity index (χ3v) is 7.31. The molecule has 0 atom stereocenters. The number of nitrogens with zero attached hydrogens (tertiary/aromatic N) is 3. The topological polar surface area (TPSA) is 46.1 Å². The minimum Gasteiger partial charge on any atom is -0.311 e. The standard InChI is InChI=1S/C20H19N3OS2/c1-12-21-19(18-14-6-4-8-16(14)26-20(18)22-12)25-11-17(24)23-10-9-13-5-2-3-7-15(13)23/h2-3,5,7H,4,6,8-11H2,1H3. The number of anilines is 1. The zero-order valence-corrected chi connectivity index (χ0v) is 16.3. The van der Waals surface area contributed by atoms with E-state index in [9.17, 15) is 4.79 Å². The van der Waals surface area contributed by atoms with Crippen molar-refractivity contribution in [3.05, 3.63) is 46.1 Å². The van der Waals surface area contributed by atoms with E-state index >= 15 is 0 Å². The fraction of sp³-hybridized carbons (Fsp3) is 0.350. The summed E-state index contributed by atoms with van der Waals surface area (Å²) < 4.78 is 0. The Hall–Kier alpha value is -1.92. The van der Waals surface area contributed by atoms with Gasteiger partial charge in [0.15, 0.2) is 0 Å². The first kappa shape index (κ1) is 16.3. The molecule has 1 aromatic carbocycles. The van der Waals surface area contributed by atoms with Crippen molar-refractivity contribution >= 4 is 44.9 Å². The van der Waals surface area contributed by atoms with Gasteiger partial charge in [-0.2, -0.15) is 0 Å². The minimum atomic E-state index is 0.163. The third kappa shape index (κ3) is 2.63. The van der Waals surface area contributed by atoms with Crippen LogP contribution in [0.15, 0.2) is 29.3 Å². The molecule has 2 aliphatic rings. The molecule has 4 nitrogen and oxygen atoms in total. The van der Waals surface area contributed by atoms with Gasteiger partial charge in [0, 0.05) is 22.5 Å². The fourth-order valence-corrected chi connectivity index (χ4v) is 6.32. The average Bonchev–Trinajstić information content (AvgIpc) is 3.32. The Kier molecular flexibility index (Phi) is 3.98. The van der Waals surface area contributed by atoms with Gasteiger partial charge in [0.25, 0.3) is 0 Å². The predicted molar refractivity (Wildman–Crippen MR) is 107 cm³/mol. The van der Waals surface area contributed by atoms with Crippen molar-refractivity contribution in [3.63, 3.8) is 0 Å². The van der Waals surface area contributed by atoms with Crippen molar-refractivity contribution in [3.8, 4) is 0 Å². The molecule has 5 rings (SSSR count). The normalized spacial score (nSPS) is 15.5. The zero-order chi connectivity index (χ0) is 17.7. The maximum Gasteiger partial charge on any atom is 0.237 e. The molecule has 1 amide bonds. The number of fused-ring (bicyclic) bond motifs is 4. The number of benzene rings is 1. The second kappa shape index (κ2) is 6.35. The van der Waals surface area contributed by atoms with Crippen LogP contribution in [0.25, 0.3) is 10.2 Å². The number of para-hydroxylation sites is 1. The van der Waals surface area contributed by atoms with Crippen molar-refractivity contribution in [1.82, 2.24) is 9.97 Å². The second-order valence-corrected chi connectivity index (χ2v) is 8.87. The van der Waals surface area contributed by atoms with E-state index in [0.717, 1.165) is 47.2 Å². The van der Waals surface area contributed by atoms with Crippen molar-refractivity contribution in [2.75, 3.05) is 17.2 Å². The highest BCUT2D eigenvalue weighted by Crippen LogP contribution is 2.40. The van der Waals surface area contributed by atoms with Crippen LogP contribution < -0.4 is 4.90 Å². The van der Waals surface area contributed by atoms with Gasteiger partial charge in [-0.25, -0.2) is 9.97 Å². The van der Waals surface area contributed by atoms with Gasteiger partial charge in [-0.3, -0.25) is 4.79 Å². The maximum absolute atomic E-state index is 12.8. The Labute approximate surface area is 160 Å². The van der Waals surface area contributed by atoms with Crippen LogP contribution in [0.2, 0.25) is 0 Å². The van der Waals surface area contributed by atoms with E-state index in [4.69, 9.17) is 0 Å². The molecule has 3 heterocycles. The van der Waals surface area contributed by atoms with Gasteiger partial charge in [0.2, 0.25) is 5.91 Å². The smallest absolute Gasteiger partial charge is 0.237 e. The summed E-state index contributed by atoms with van der Waals surface area (Å²) in [5, 5.41) is 2.18. The van der Waals surface area contributed by atoms with E-state index < -0.39 is 0 Å². The lowest BCUT2D eigenvalue weighted by molar-refractivity contribution is -0.116. The van der Waals surface area contributed by atoms with E-state index in [1.54, 1.807) is 23.1 Å². The van der Waals surface area contributed by atoms with Crippen LogP contribution in [0, 0.1) is 6.92 Å². The highest BCUT2D eigenvalue weighted by molar-refractivity contribution is 8.00. The molecule has 0 N–H and O–H groups in total. The molecule has 26 heavy (non-hydrogen) atoms. The predicted octanol–water partition coefficient (Wildman–Crippen LogP) is 4.17. The minimum absolute atomic E-state index is 0.163. The number of amides is 1. The lowest BCUT2D eigenvalue weighted by Gasteiger charge is -2.17. The summed E-state index contributed by atoms with van der Waals surface area (Å²) in [7, 11) is 0. The monoisotopic (exact) mass is 381 g/mol. The largest absolute Gasteiger partial charge is 0.311 e. The number of thioether (sulfide) groups is 1. The molecule has 0 unspecified atom stereocenters. The lowest BCUT2D eigenvalue weighted by Crippen LogP contribution is -2.30. The average molecular weight is 382 g/mol. The number of thiophene rings is 1. The second-order valence-electron chi connectivity index (χ2n) is 6.83. The molecule has 6 heteroatoms. The number of aromatic nitrogens is 2. The Morgan fingerprint density at radius 3 is 3.04 bits per heavy atom. The molecule has 132 valence electrons. The molecule has 1 aliphatic heterocycles. The molecule has 0 saturated heterocycles. The molecule has 1 aliphatic carbocycles. The number of carbonyl (C=O) groups is 1. The molecular weight excluding hydrogens is 362 g/mol. The van der Waals surface area contributed by atoms with E-state index in [1.807, 2.05) is 30.0 Å². The van der Waals surface area contributed by atoms with Gasteiger partial charge in [0.1, 0.15) is 15.7 Å². The van der Waals surface area contributed by atoms with E-state index in [-0.39, 0.29) is 5.91 Å². The molecule has 0 spiro atoms. The highest BCUT2D eigenvalue weighted by atomic mass is 32.2. The van der Waals surface area contributed by atoms with E-state index in [0.29, 0.717) is 5.75 Å². The van der Waals surface area contributed by atoms with Crippen molar-refractivity contribution in [1.29, 1.82) is 0 Å². The van der Waals surface area contributed by atoms with Crippen LogP contribution in [0.5, 0.6) is 0 Å². The van der Waals surface area contributed by atoms with Gasteiger partial charge in [0.05, 0.1) is 5.75 Å². The van der Waals surface area contributed by atoms with Crippen molar-refractivity contribution in [2.45, 2.75) is 37.6 Å². The fourth-order valence-electron chi connectivity index (χ4n) is 3.97. The molecule has 0 bridgehead atoms. The quantitative estimate of drug-likeness (QED) is 0.505. The summed E-state index contributed by atoms with van der Waals surface area (Å²) >= 11 is 3.37. The Balaban J connectivity index is 1.41. The number of rotatable bonds is 3. The molecule has 0 saturated carbocycles. The van der Waals surface area contributed by atoms with Gasteiger partial charge in [-0.1, -0.05) is 30.0 Å². The molecule has 2 aromatic heterocycles. The highest BCUT2D eigenvalue weighted by Gasteiger charge is 2.26. The molecule has 0 fully saturated rings. The number of hydrogen-bond acceptors (Lipinski definition) is 5. The Morgan fingerprint density at radius 2 is 2.12 bits per heavy atom. The van der Waals surface area contributed by atoms with Crippen LogP contribution in [0.3, 0.4) is 0 Å². The zero-order valence-electron chi connectivity index (χ0n) is 14.6. The summed E-state index contributed by atoms with van der Waals surface area (Å²) in [6.45, 7) is 2.72. The third-order valence-electron chi connectivity index (χ3n) is 5.16. The van der Waals surface area contributed by atoms with Crippen LogP contribution in [0.1, 0.15) is 28.2 Å². The first-order valence-corrected chi connectivity index (χ1v) is 10.8.